The lowest BCUT2D eigenvalue weighted by Crippen LogP contribution is -2.39. The van der Waals surface area contributed by atoms with Crippen LogP contribution < -0.4 is 5.32 Å². The van der Waals surface area contributed by atoms with Gasteiger partial charge in [0.25, 0.3) is 0 Å². The van der Waals surface area contributed by atoms with Gasteiger partial charge in [-0.05, 0) is 37.5 Å². The zero-order chi connectivity index (χ0) is 13.7. The highest BCUT2D eigenvalue weighted by Crippen LogP contribution is 2.35. The summed E-state index contributed by atoms with van der Waals surface area (Å²) in [5, 5.41) is 22.5. The molecule has 1 aromatic rings. The highest BCUT2D eigenvalue weighted by molar-refractivity contribution is 5.27. The second-order valence-electron chi connectivity index (χ2n) is 5.91. The molecule has 1 aliphatic rings. The third-order valence-corrected chi connectivity index (χ3v) is 4.43. The van der Waals surface area contributed by atoms with Crippen LogP contribution in [-0.2, 0) is 0 Å². The molecule has 3 nitrogen and oxygen atoms in total. The Kier molecular flexibility index (Phi) is 4.83. The summed E-state index contributed by atoms with van der Waals surface area (Å²) in [6.45, 7) is 3.27. The minimum Gasteiger partial charge on any atom is -0.508 e. The van der Waals surface area contributed by atoms with Gasteiger partial charge in [0.05, 0.1) is 0 Å². The Morgan fingerprint density at radius 1 is 1.16 bits per heavy atom. The van der Waals surface area contributed by atoms with Crippen LogP contribution in [-0.4, -0.2) is 23.4 Å². The maximum Gasteiger partial charge on any atom is 0.115 e. The average Bonchev–Trinajstić information content (AvgIpc) is 2.46. The summed E-state index contributed by atoms with van der Waals surface area (Å²) in [5.41, 5.74) is 1.24. The third kappa shape index (κ3) is 3.71. The minimum atomic E-state index is 0.0728. The molecule has 1 aliphatic carbocycles. The minimum absolute atomic E-state index is 0.0728. The van der Waals surface area contributed by atoms with E-state index in [1.807, 2.05) is 12.1 Å². The molecule has 0 radical (unpaired) electrons. The number of phenolic OH excluding ortho intramolecular Hbond substituents is 1. The number of rotatable bonds is 5. The molecule has 2 rings (SSSR count). The van der Waals surface area contributed by atoms with Crippen LogP contribution in [0.15, 0.2) is 24.3 Å². The summed E-state index contributed by atoms with van der Waals surface area (Å²) in [6, 6.07) is 7.57. The monoisotopic (exact) mass is 263 g/mol. The van der Waals surface area contributed by atoms with Crippen molar-refractivity contribution in [2.24, 2.45) is 5.41 Å². The lowest BCUT2D eigenvalue weighted by Gasteiger charge is -2.36. The molecule has 1 fully saturated rings. The van der Waals surface area contributed by atoms with E-state index in [4.69, 9.17) is 0 Å². The molecule has 1 saturated carbocycles. The predicted octanol–water partition coefficient (Wildman–Crippen LogP) is 2.99. The standard InChI is InChI=1S/C16H25NO2/c1-13(14-5-7-15(19)8-6-14)17-11-16(12-18)9-3-2-4-10-16/h5-8,13,17-19H,2-4,9-12H2,1H3. The van der Waals surface area contributed by atoms with Crippen molar-refractivity contribution in [1.29, 1.82) is 0 Å². The lowest BCUT2D eigenvalue weighted by molar-refractivity contribution is 0.0789. The zero-order valence-electron chi connectivity index (χ0n) is 11.7. The molecule has 0 aromatic heterocycles. The molecular formula is C16H25NO2. The molecule has 1 atom stereocenters. The van der Waals surface area contributed by atoms with E-state index in [0.717, 1.165) is 19.4 Å². The Morgan fingerprint density at radius 2 is 1.79 bits per heavy atom. The van der Waals surface area contributed by atoms with E-state index in [1.54, 1.807) is 12.1 Å². The van der Waals surface area contributed by atoms with Crippen molar-refractivity contribution in [3.05, 3.63) is 29.8 Å². The van der Waals surface area contributed by atoms with Gasteiger partial charge in [-0.2, -0.15) is 0 Å². The van der Waals surface area contributed by atoms with E-state index >= 15 is 0 Å². The number of hydrogen-bond donors (Lipinski definition) is 3. The first-order chi connectivity index (χ1) is 9.15. The Labute approximate surface area is 115 Å². The lowest BCUT2D eigenvalue weighted by atomic mass is 9.74. The van der Waals surface area contributed by atoms with Gasteiger partial charge in [-0.3, -0.25) is 0 Å². The molecule has 1 unspecified atom stereocenters. The summed E-state index contributed by atoms with van der Waals surface area (Å²) in [7, 11) is 0. The van der Waals surface area contributed by atoms with E-state index in [1.165, 1.54) is 24.8 Å². The van der Waals surface area contributed by atoms with Crippen LogP contribution >= 0.6 is 0 Å². The van der Waals surface area contributed by atoms with Gasteiger partial charge >= 0.3 is 0 Å². The maximum atomic E-state index is 9.69. The van der Waals surface area contributed by atoms with Gasteiger partial charge in [0.15, 0.2) is 0 Å². The molecule has 106 valence electrons. The third-order valence-electron chi connectivity index (χ3n) is 4.43. The van der Waals surface area contributed by atoms with Crippen LogP contribution in [0.25, 0.3) is 0 Å². The Morgan fingerprint density at radius 3 is 2.37 bits per heavy atom. The van der Waals surface area contributed by atoms with Crippen molar-refractivity contribution in [1.82, 2.24) is 5.32 Å². The van der Waals surface area contributed by atoms with Crippen LogP contribution in [0.2, 0.25) is 0 Å². The predicted molar refractivity (Wildman–Crippen MR) is 77.1 cm³/mol. The highest BCUT2D eigenvalue weighted by Gasteiger charge is 2.31. The topological polar surface area (TPSA) is 52.5 Å². The van der Waals surface area contributed by atoms with Gasteiger partial charge < -0.3 is 15.5 Å². The summed E-state index contributed by atoms with van der Waals surface area (Å²) in [5.74, 6) is 0.301. The molecule has 0 bridgehead atoms. The number of aliphatic hydroxyl groups excluding tert-OH is 1. The first kappa shape index (κ1) is 14.4. The fraction of sp³-hybridized carbons (Fsp3) is 0.625. The Bertz CT molecular complexity index is 382. The van der Waals surface area contributed by atoms with Gasteiger partial charge in [-0.15, -0.1) is 0 Å². The van der Waals surface area contributed by atoms with E-state index < -0.39 is 0 Å². The van der Waals surface area contributed by atoms with Crippen molar-refractivity contribution >= 4 is 0 Å². The van der Waals surface area contributed by atoms with Gasteiger partial charge in [0.1, 0.15) is 5.75 Å². The van der Waals surface area contributed by atoms with Gasteiger partial charge in [-0.25, -0.2) is 0 Å². The molecule has 0 spiro atoms. The SMILES string of the molecule is CC(NCC1(CO)CCCCC1)c1ccc(O)cc1. The first-order valence-corrected chi connectivity index (χ1v) is 7.28. The van der Waals surface area contributed by atoms with Crippen LogP contribution in [0, 0.1) is 5.41 Å². The van der Waals surface area contributed by atoms with Crippen LogP contribution in [0.4, 0.5) is 0 Å². The fourth-order valence-corrected chi connectivity index (χ4v) is 2.94. The zero-order valence-corrected chi connectivity index (χ0v) is 11.7. The largest absolute Gasteiger partial charge is 0.508 e. The summed E-state index contributed by atoms with van der Waals surface area (Å²) >= 11 is 0. The molecule has 3 heteroatoms. The Hall–Kier alpha value is -1.06. The molecule has 3 N–H and O–H groups in total. The molecular weight excluding hydrogens is 238 g/mol. The van der Waals surface area contributed by atoms with Gasteiger partial charge in [-0.1, -0.05) is 31.4 Å². The average molecular weight is 263 g/mol. The van der Waals surface area contributed by atoms with Gasteiger partial charge in [0, 0.05) is 24.6 Å². The van der Waals surface area contributed by atoms with Crippen molar-refractivity contribution in [3.8, 4) is 5.75 Å². The van der Waals surface area contributed by atoms with E-state index in [-0.39, 0.29) is 18.1 Å². The fourth-order valence-electron chi connectivity index (χ4n) is 2.94. The van der Waals surface area contributed by atoms with Crippen molar-refractivity contribution in [2.75, 3.05) is 13.2 Å². The van der Waals surface area contributed by atoms with Crippen molar-refractivity contribution in [3.63, 3.8) is 0 Å². The summed E-state index contributed by atoms with van der Waals surface area (Å²) in [4.78, 5) is 0. The number of aliphatic hydroxyl groups is 1. The number of phenols is 1. The molecule has 0 saturated heterocycles. The molecule has 1 aromatic carbocycles. The number of aromatic hydroxyl groups is 1. The Balaban J connectivity index is 1.91. The maximum absolute atomic E-state index is 9.69. The smallest absolute Gasteiger partial charge is 0.115 e. The van der Waals surface area contributed by atoms with Crippen LogP contribution in [0.1, 0.15) is 50.6 Å². The summed E-state index contributed by atoms with van der Waals surface area (Å²) < 4.78 is 0. The number of nitrogens with one attached hydrogen (secondary N) is 1. The molecule has 0 heterocycles. The second-order valence-corrected chi connectivity index (χ2v) is 5.91. The normalized spacial score (nSPS) is 20.1. The second kappa shape index (κ2) is 6.40. The molecule has 0 aliphatic heterocycles. The number of hydrogen-bond acceptors (Lipinski definition) is 3. The summed E-state index contributed by atoms with van der Waals surface area (Å²) in [6.07, 6.45) is 6.01. The van der Waals surface area contributed by atoms with Crippen LogP contribution in [0.3, 0.4) is 0 Å². The van der Waals surface area contributed by atoms with Gasteiger partial charge in [0.2, 0.25) is 0 Å². The van der Waals surface area contributed by atoms with Crippen molar-refractivity contribution in [2.45, 2.75) is 45.1 Å². The number of benzene rings is 1. The quantitative estimate of drug-likeness (QED) is 0.765. The van der Waals surface area contributed by atoms with Crippen LogP contribution in [0.5, 0.6) is 5.75 Å². The molecule has 19 heavy (non-hydrogen) atoms. The molecule has 0 amide bonds. The first-order valence-electron chi connectivity index (χ1n) is 7.28. The van der Waals surface area contributed by atoms with E-state index in [2.05, 4.69) is 12.2 Å². The van der Waals surface area contributed by atoms with Crippen molar-refractivity contribution < 1.29 is 10.2 Å². The van der Waals surface area contributed by atoms with E-state index in [9.17, 15) is 10.2 Å². The highest BCUT2D eigenvalue weighted by atomic mass is 16.3. The van der Waals surface area contributed by atoms with E-state index in [0.29, 0.717) is 5.75 Å².